The molecule has 15 heavy (non-hydrogen) atoms. The Bertz CT molecular complexity index is 551. The normalized spacial score (nSPS) is 10.3. The minimum Gasteiger partial charge on any atom is -0.343 e. The Morgan fingerprint density at radius 2 is 1.93 bits per heavy atom. The smallest absolute Gasteiger partial charge is 0.184 e. The minimum absolute atomic E-state index is 0.0214. The summed E-state index contributed by atoms with van der Waals surface area (Å²) in [5.41, 5.74) is 0.164. The lowest BCUT2D eigenvalue weighted by atomic mass is 10.1. The Hall–Kier alpha value is -1.62. The van der Waals surface area contributed by atoms with E-state index in [2.05, 4.69) is 22.2 Å². The summed E-state index contributed by atoms with van der Waals surface area (Å²) in [5, 5.41) is 0. The van der Waals surface area contributed by atoms with Gasteiger partial charge in [0.1, 0.15) is 5.82 Å². The molecule has 0 aliphatic rings. The second kappa shape index (κ2) is 3.86. The van der Waals surface area contributed by atoms with Gasteiger partial charge in [0.25, 0.3) is 0 Å². The first-order valence-electron chi connectivity index (χ1n) is 4.18. The van der Waals surface area contributed by atoms with Crippen LogP contribution in [0.3, 0.4) is 0 Å². The number of nitrogens with zero attached hydrogens (tertiary/aromatic N) is 1. The topological polar surface area (TPSA) is 28.7 Å². The van der Waals surface area contributed by atoms with Gasteiger partial charge >= 0.3 is 0 Å². The van der Waals surface area contributed by atoms with Crippen molar-refractivity contribution in [2.75, 3.05) is 0 Å². The Morgan fingerprint density at radius 1 is 1.20 bits per heavy atom. The van der Waals surface area contributed by atoms with Crippen molar-refractivity contribution in [2.45, 2.75) is 0 Å². The maximum Gasteiger partial charge on any atom is 0.184 e. The van der Waals surface area contributed by atoms with Crippen LogP contribution in [-0.4, -0.2) is 9.97 Å². The summed E-state index contributed by atoms with van der Waals surface area (Å²) in [7, 11) is 0. The van der Waals surface area contributed by atoms with Crippen molar-refractivity contribution < 1.29 is 8.78 Å². The molecule has 1 aromatic heterocycles. The average molecular weight is 224 g/mol. The molecule has 0 fully saturated rings. The van der Waals surface area contributed by atoms with Crippen molar-refractivity contribution >= 4 is 12.2 Å². The van der Waals surface area contributed by atoms with Gasteiger partial charge in [0.05, 0.1) is 12.0 Å². The van der Waals surface area contributed by atoms with Gasteiger partial charge in [0.2, 0.25) is 0 Å². The maximum atomic E-state index is 13.5. The number of aromatic nitrogens is 2. The van der Waals surface area contributed by atoms with Crippen LogP contribution in [0.2, 0.25) is 0 Å². The zero-order valence-electron chi connectivity index (χ0n) is 7.50. The fourth-order valence-corrected chi connectivity index (χ4v) is 1.40. The quantitative estimate of drug-likeness (QED) is 0.754. The van der Waals surface area contributed by atoms with E-state index in [4.69, 9.17) is 0 Å². The number of hydrogen-bond acceptors (Lipinski definition) is 2. The summed E-state index contributed by atoms with van der Waals surface area (Å²) in [6.45, 7) is 0. The fourth-order valence-electron chi connectivity index (χ4n) is 1.24. The van der Waals surface area contributed by atoms with Crippen molar-refractivity contribution in [1.82, 2.24) is 9.97 Å². The van der Waals surface area contributed by atoms with E-state index in [1.165, 1.54) is 24.5 Å². The number of hydrogen-bond donors (Lipinski definition) is 1. The van der Waals surface area contributed by atoms with E-state index in [1.807, 2.05) is 0 Å². The van der Waals surface area contributed by atoms with Crippen LogP contribution in [0.5, 0.6) is 0 Å². The molecule has 0 atom stereocenters. The third-order valence-electron chi connectivity index (χ3n) is 1.94. The van der Waals surface area contributed by atoms with Crippen LogP contribution < -0.4 is 0 Å². The first-order chi connectivity index (χ1) is 7.20. The van der Waals surface area contributed by atoms with E-state index in [-0.39, 0.29) is 15.9 Å². The van der Waals surface area contributed by atoms with E-state index in [0.29, 0.717) is 0 Å². The molecule has 0 saturated heterocycles. The Kier molecular flexibility index (Phi) is 2.55. The van der Waals surface area contributed by atoms with Crippen LogP contribution in [0.1, 0.15) is 0 Å². The molecule has 0 aliphatic heterocycles. The molecule has 2 aromatic rings. The highest BCUT2D eigenvalue weighted by atomic mass is 32.1. The van der Waals surface area contributed by atoms with E-state index < -0.39 is 11.6 Å². The number of rotatable bonds is 1. The Morgan fingerprint density at radius 3 is 2.67 bits per heavy atom. The summed E-state index contributed by atoms with van der Waals surface area (Å²) in [4.78, 5) is 6.10. The van der Waals surface area contributed by atoms with Crippen molar-refractivity contribution in [3.05, 3.63) is 46.9 Å². The molecule has 1 aromatic carbocycles. The van der Waals surface area contributed by atoms with Gasteiger partial charge in [-0.25, -0.2) is 13.8 Å². The zero-order chi connectivity index (χ0) is 10.8. The molecule has 2 rings (SSSR count). The first kappa shape index (κ1) is 9.92. The molecule has 0 unspecified atom stereocenters. The second-order valence-electron chi connectivity index (χ2n) is 2.88. The predicted octanol–water partition coefficient (Wildman–Crippen LogP) is 3.08. The minimum atomic E-state index is -0.711. The second-order valence-corrected chi connectivity index (χ2v) is 3.26. The monoisotopic (exact) mass is 224 g/mol. The van der Waals surface area contributed by atoms with Crippen LogP contribution in [0.4, 0.5) is 8.78 Å². The highest BCUT2D eigenvalue weighted by molar-refractivity contribution is 7.71. The highest BCUT2D eigenvalue weighted by Gasteiger charge is 2.10. The molecule has 0 radical (unpaired) electrons. The molecule has 0 amide bonds. The largest absolute Gasteiger partial charge is 0.343 e. The SMILES string of the molecule is Fc1ccccc1-c1[nH]cnc(=S)c1F. The number of nitrogens with one attached hydrogen (secondary N) is 1. The molecule has 1 heterocycles. The fraction of sp³-hybridized carbons (Fsp3) is 0. The first-order valence-corrected chi connectivity index (χ1v) is 4.59. The van der Waals surface area contributed by atoms with Crippen molar-refractivity contribution in [1.29, 1.82) is 0 Å². The van der Waals surface area contributed by atoms with Crippen LogP contribution in [-0.2, 0) is 0 Å². The number of aromatic amines is 1. The third-order valence-corrected chi connectivity index (χ3v) is 2.23. The van der Waals surface area contributed by atoms with Gasteiger partial charge in [-0.2, -0.15) is 0 Å². The zero-order valence-corrected chi connectivity index (χ0v) is 8.31. The standard InChI is InChI=1S/C10H6F2N2S/c11-7-4-2-1-3-6(7)9-8(12)10(15)14-5-13-9/h1-5H,(H,13,14,15). The Labute approximate surface area is 89.6 Å². The molecule has 2 nitrogen and oxygen atoms in total. The van der Waals surface area contributed by atoms with Gasteiger partial charge in [-0.3, -0.25) is 0 Å². The lowest BCUT2D eigenvalue weighted by molar-refractivity contribution is 0.603. The summed E-state index contributed by atoms with van der Waals surface area (Å²) in [6, 6.07) is 5.88. The number of benzene rings is 1. The average Bonchev–Trinajstić information content (AvgIpc) is 2.23. The molecular formula is C10H6F2N2S. The lowest BCUT2D eigenvalue weighted by Gasteiger charge is -2.03. The van der Waals surface area contributed by atoms with E-state index in [0.717, 1.165) is 0 Å². The lowest BCUT2D eigenvalue weighted by Crippen LogP contribution is -1.94. The molecule has 1 N–H and O–H groups in total. The van der Waals surface area contributed by atoms with Gasteiger partial charge in [-0.05, 0) is 12.1 Å². The van der Waals surface area contributed by atoms with E-state index >= 15 is 0 Å². The van der Waals surface area contributed by atoms with Gasteiger partial charge in [-0.1, -0.05) is 24.4 Å². The molecule has 0 saturated carbocycles. The Balaban J connectivity index is 2.70. The molecule has 0 aliphatic carbocycles. The van der Waals surface area contributed by atoms with Gasteiger partial charge in [0.15, 0.2) is 10.5 Å². The van der Waals surface area contributed by atoms with Crippen molar-refractivity contribution in [3.63, 3.8) is 0 Å². The van der Waals surface area contributed by atoms with Gasteiger partial charge in [-0.15, -0.1) is 0 Å². The number of H-pyrrole nitrogens is 1. The van der Waals surface area contributed by atoms with Crippen LogP contribution in [0.25, 0.3) is 11.3 Å². The molecular weight excluding hydrogens is 218 g/mol. The van der Waals surface area contributed by atoms with E-state index in [9.17, 15) is 8.78 Å². The molecule has 76 valence electrons. The van der Waals surface area contributed by atoms with Crippen LogP contribution >= 0.6 is 12.2 Å². The van der Waals surface area contributed by atoms with Crippen molar-refractivity contribution in [2.24, 2.45) is 0 Å². The maximum absolute atomic E-state index is 13.5. The van der Waals surface area contributed by atoms with Crippen molar-refractivity contribution in [3.8, 4) is 11.3 Å². The predicted molar refractivity (Wildman–Crippen MR) is 54.8 cm³/mol. The van der Waals surface area contributed by atoms with Gasteiger partial charge in [0, 0.05) is 5.56 Å². The molecule has 0 spiro atoms. The summed E-state index contributed by atoms with van der Waals surface area (Å²) in [6.07, 6.45) is 1.24. The summed E-state index contributed by atoms with van der Waals surface area (Å²) < 4.78 is 26.7. The summed E-state index contributed by atoms with van der Waals surface area (Å²) >= 11 is 4.66. The van der Waals surface area contributed by atoms with Gasteiger partial charge < -0.3 is 4.98 Å². The van der Waals surface area contributed by atoms with Crippen LogP contribution in [0, 0.1) is 16.3 Å². The third kappa shape index (κ3) is 1.78. The molecule has 5 heteroatoms. The summed E-state index contributed by atoms with van der Waals surface area (Å²) in [5.74, 6) is -1.22. The molecule has 0 bridgehead atoms. The number of halogens is 2. The van der Waals surface area contributed by atoms with Crippen LogP contribution in [0.15, 0.2) is 30.6 Å². The van der Waals surface area contributed by atoms with E-state index in [1.54, 1.807) is 6.07 Å². The highest BCUT2D eigenvalue weighted by Crippen LogP contribution is 2.22.